The van der Waals surface area contributed by atoms with E-state index < -0.39 is 9.84 Å². The molecule has 5 nitrogen and oxygen atoms in total. The summed E-state index contributed by atoms with van der Waals surface area (Å²) >= 11 is 3.31. The van der Waals surface area contributed by atoms with Gasteiger partial charge in [0.25, 0.3) is 5.91 Å². The Balaban J connectivity index is 2.89. The van der Waals surface area contributed by atoms with Crippen LogP contribution in [0, 0.1) is 0 Å². The summed E-state index contributed by atoms with van der Waals surface area (Å²) in [6.07, 6.45) is 1.14. The van der Waals surface area contributed by atoms with Gasteiger partial charge >= 0.3 is 0 Å². The van der Waals surface area contributed by atoms with Crippen LogP contribution in [-0.2, 0) is 14.6 Å². The summed E-state index contributed by atoms with van der Waals surface area (Å²) in [4.78, 5) is 14.2. The number of methoxy groups -OCH3 is 1. The average molecular weight is 364 g/mol. The standard InChI is InChI=1S/C13H18BrNO4S/c1-19-10-9-15(8-7-14)13(16)11-3-5-12(6-4-11)20(2,17)18/h3-6H,7-10H2,1-2H3. The fourth-order valence-electron chi connectivity index (χ4n) is 1.65. The van der Waals surface area contributed by atoms with Gasteiger partial charge in [0.15, 0.2) is 9.84 Å². The number of halogens is 1. The molecule has 0 aliphatic rings. The number of carbonyl (C=O) groups is 1. The number of nitrogens with zero attached hydrogens (tertiary/aromatic N) is 1. The lowest BCUT2D eigenvalue weighted by molar-refractivity contribution is 0.0709. The molecule has 7 heteroatoms. The Bertz CT molecular complexity index is 542. The van der Waals surface area contributed by atoms with E-state index in [0.717, 1.165) is 6.26 Å². The van der Waals surface area contributed by atoms with Crippen molar-refractivity contribution in [2.24, 2.45) is 0 Å². The van der Waals surface area contributed by atoms with Crippen LogP contribution in [0.5, 0.6) is 0 Å². The number of rotatable bonds is 7. The maximum absolute atomic E-state index is 12.3. The topological polar surface area (TPSA) is 63.7 Å². The predicted molar refractivity (Wildman–Crippen MR) is 81.1 cm³/mol. The third-order valence-corrected chi connectivity index (χ3v) is 4.22. The van der Waals surface area contributed by atoms with Gasteiger partial charge in [0.1, 0.15) is 0 Å². The molecule has 0 saturated heterocycles. The van der Waals surface area contributed by atoms with Gasteiger partial charge in [-0.2, -0.15) is 0 Å². The summed E-state index contributed by atoms with van der Waals surface area (Å²) < 4.78 is 27.7. The summed E-state index contributed by atoms with van der Waals surface area (Å²) in [5, 5.41) is 0.671. The number of hydrogen-bond acceptors (Lipinski definition) is 4. The third-order valence-electron chi connectivity index (χ3n) is 2.74. The highest BCUT2D eigenvalue weighted by Gasteiger charge is 2.16. The summed E-state index contributed by atoms with van der Waals surface area (Å²) in [6.45, 7) is 1.52. The van der Waals surface area contributed by atoms with Crippen molar-refractivity contribution in [1.29, 1.82) is 0 Å². The molecule has 0 bridgehead atoms. The molecule has 0 atom stereocenters. The molecular formula is C13H18BrNO4S. The van der Waals surface area contributed by atoms with Crippen molar-refractivity contribution < 1.29 is 17.9 Å². The van der Waals surface area contributed by atoms with Crippen LogP contribution in [0.15, 0.2) is 29.2 Å². The maximum Gasteiger partial charge on any atom is 0.253 e. The normalized spacial score (nSPS) is 11.3. The van der Waals surface area contributed by atoms with E-state index in [1.165, 1.54) is 24.3 Å². The van der Waals surface area contributed by atoms with Gasteiger partial charge in [-0.15, -0.1) is 0 Å². The Labute approximate surface area is 128 Å². The number of benzene rings is 1. The van der Waals surface area contributed by atoms with Gasteiger partial charge < -0.3 is 9.64 Å². The van der Waals surface area contributed by atoms with E-state index in [1.54, 1.807) is 12.0 Å². The summed E-state index contributed by atoms with van der Waals surface area (Å²) in [5.74, 6) is -0.137. The minimum Gasteiger partial charge on any atom is -0.383 e. The fraction of sp³-hybridized carbons (Fsp3) is 0.462. The van der Waals surface area contributed by atoms with Gasteiger partial charge in [-0.05, 0) is 24.3 Å². The SMILES string of the molecule is COCCN(CCBr)C(=O)c1ccc(S(C)(=O)=O)cc1. The van der Waals surface area contributed by atoms with Gasteiger partial charge in [0.05, 0.1) is 11.5 Å². The van der Waals surface area contributed by atoms with Crippen LogP contribution in [0.4, 0.5) is 0 Å². The molecule has 0 fully saturated rings. The van der Waals surface area contributed by atoms with Crippen LogP contribution in [-0.4, -0.2) is 57.6 Å². The van der Waals surface area contributed by atoms with Crippen molar-refractivity contribution in [3.63, 3.8) is 0 Å². The van der Waals surface area contributed by atoms with Gasteiger partial charge in [0.2, 0.25) is 0 Å². The summed E-state index contributed by atoms with van der Waals surface area (Å²) in [7, 11) is -1.66. The van der Waals surface area contributed by atoms with Gasteiger partial charge in [-0.25, -0.2) is 8.42 Å². The van der Waals surface area contributed by atoms with E-state index in [9.17, 15) is 13.2 Å². The Morgan fingerprint density at radius 1 is 1.25 bits per heavy atom. The molecule has 0 radical (unpaired) electrons. The van der Waals surface area contributed by atoms with E-state index in [1.807, 2.05) is 0 Å². The van der Waals surface area contributed by atoms with E-state index in [4.69, 9.17) is 4.74 Å². The maximum atomic E-state index is 12.3. The second-order valence-electron chi connectivity index (χ2n) is 4.27. The van der Waals surface area contributed by atoms with E-state index in [2.05, 4.69) is 15.9 Å². The first kappa shape index (κ1) is 17.1. The van der Waals surface area contributed by atoms with Gasteiger partial charge in [-0.1, -0.05) is 15.9 Å². The molecule has 0 unspecified atom stereocenters. The van der Waals surface area contributed by atoms with Crippen LogP contribution in [0.2, 0.25) is 0 Å². The molecule has 0 N–H and O–H groups in total. The smallest absolute Gasteiger partial charge is 0.253 e. The number of hydrogen-bond donors (Lipinski definition) is 0. The van der Waals surface area contributed by atoms with Crippen LogP contribution >= 0.6 is 15.9 Å². The second-order valence-corrected chi connectivity index (χ2v) is 7.08. The molecule has 0 spiro atoms. The van der Waals surface area contributed by atoms with Gasteiger partial charge in [-0.3, -0.25) is 4.79 Å². The Morgan fingerprint density at radius 3 is 2.30 bits per heavy atom. The largest absolute Gasteiger partial charge is 0.383 e. The zero-order chi connectivity index (χ0) is 15.2. The summed E-state index contributed by atoms with van der Waals surface area (Å²) in [6, 6.07) is 5.97. The van der Waals surface area contributed by atoms with Crippen molar-refractivity contribution in [2.45, 2.75) is 4.90 Å². The lowest BCUT2D eigenvalue weighted by atomic mass is 10.2. The lowest BCUT2D eigenvalue weighted by Gasteiger charge is -2.21. The first-order chi connectivity index (χ1) is 9.40. The number of sulfone groups is 1. The molecule has 0 aliphatic carbocycles. The third kappa shape index (κ3) is 4.88. The van der Waals surface area contributed by atoms with Crippen LogP contribution in [0.3, 0.4) is 0 Å². The first-order valence-corrected chi connectivity index (χ1v) is 9.05. The zero-order valence-electron chi connectivity index (χ0n) is 11.5. The van der Waals surface area contributed by atoms with E-state index in [-0.39, 0.29) is 10.8 Å². The number of carbonyl (C=O) groups excluding carboxylic acids is 1. The Hall–Kier alpha value is -0.920. The molecule has 0 aromatic heterocycles. The van der Waals surface area contributed by atoms with Crippen LogP contribution in [0.1, 0.15) is 10.4 Å². The molecule has 0 aliphatic heterocycles. The minimum atomic E-state index is -3.24. The van der Waals surface area contributed by atoms with E-state index >= 15 is 0 Å². The van der Waals surface area contributed by atoms with Gasteiger partial charge in [0, 0.05) is 37.3 Å². The number of alkyl halides is 1. The molecule has 1 aromatic carbocycles. The molecule has 1 aromatic rings. The second kappa shape index (κ2) is 7.75. The molecule has 1 rings (SSSR count). The Morgan fingerprint density at radius 2 is 1.85 bits per heavy atom. The molecule has 0 heterocycles. The monoisotopic (exact) mass is 363 g/mol. The van der Waals surface area contributed by atoms with Crippen LogP contribution < -0.4 is 0 Å². The fourth-order valence-corrected chi connectivity index (χ4v) is 2.70. The molecule has 1 amide bonds. The lowest BCUT2D eigenvalue weighted by Crippen LogP contribution is -2.35. The predicted octanol–water partition coefficient (Wildman–Crippen LogP) is 1.57. The number of amides is 1. The average Bonchev–Trinajstić information content (AvgIpc) is 2.42. The Kier molecular flexibility index (Phi) is 6.64. The quantitative estimate of drug-likeness (QED) is 0.689. The molecule has 20 heavy (non-hydrogen) atoms. The number of ether oxygens (including phenoxy) is 1. The zero-order valence-corrected chi connectivity index (χ0v) is 13.9. The minimum absolute atomic E-state index is 0.137. The highest BCUT2D eigenvalue weighted by molar-refractivity contribution is 9.09. The van der Waals surface area contributed by atoms with Crippen LogP contribution in [0.25, 0.3) is 0 Å². The van der Waals surface area contributed by atoms with Crippen molar-refractivity contribution >= 4 is 31.7 Å². The van der Waals surface area contributed by atoms with Crippen molar-refractivity contribution in [3.8, 4) is 0 Å². The van der Waals surface area contributed by atoms with Crippen molar-refractivity contribution in [2.75, 3.05) is 38.4 Å². The molecule has 0 saturated carbocycles. The van der Waals surface area contributed by atoms with Crippen molar-refractivity contribution in [3.05, 3.63) is 29.8 Å². The van der Waals surface area contributed by atoms with Crippen molar-refractivity contribution in [1.82, 2.24) is 4.90 Å². The first-order valence-electron chi connectivity index (χ1n) is 6.04. The highest BCUT2D eigenvalue weighted by Crippen LogP contribution is 2.12. The highest BCUT2D eigenvalue weighted by atomic mass is 79.9. The summed E-state index contributed by atoms with van der Waals surface area (Å²) in [5.41, 5.74) is 0.467. The molecule has 112 valence electrons. The molecular weight excluding hydrogens is 346 g/mol. The van der Waals surface area contributed by atoms with E-state index in [0.29, 0.717) is 30.6 Å².